The van der Waals surface area contributed by atoms with Gasteiger partial charge in [-0.05, 0) is 54.6 Å². The van der Waals surface area contributed by atoms with Gasteiger partial charge in [-0.15, -0.1) is 11.3 Å². The number of aryl methyl sites for hydroxylation is 1. The standard InChI is InChI=1S/C16H21NS2/c1-11-2-4-12(5-3-11)6-7-13-8-9-15-14(10-13)17-16(18)19-15/h8-12H,2-7H2,1H3,(H,17,18). The van der Waals surface area contributed by atoms with Crippen LogP contribution in [-0.2, 0) is 6.42 Å². The molecule has 1 nitrogen and oxygen atoms in total. The molecule has 0 bridgehead atoms. The molecule has 0 spiro atoms. The van der Waals surface area contributed by atoms with Crippen LogP contribution in [0.5, 0.6) is 0 Å². The fourth-order valence-corrected chi connectivity index (χ4v) is 4.24. The first kappa shape index (κ1) is 13.3. The summed E-state index contributed by atoms with van der Waals surface area (Å²) in [5.74, 6) is 1.91. The van der Waals surface area contributed by atoms with Gasteiger partial charge in [0.05, 0.1) is 10.2 Å². The van der Waals surface area contributed by atoms with E-state index in [9.17, 15) is 0 Å². The molecule has 0 amide bonds. The number of hydrogen-bond donors (Lipinski definition) is 1. The number of aromatic amines is 1. The molecule has 1 aromatic carbocycles. The van der Waals surface area contributed by atoms with Gasteiger partial charge in [-0.3, -0.25) is 0 Å². The van der Waals surface area contributed by atoms with E-state index in [4.69, 9.17) is 12.2 Å². The quantitative estimate of drug-likeness (QED) is 0.715. The van der Waals surface area contributed by atoms with E-state index < -0.39 is 0 Å². The average Bonchev–Trinajstić information content (AvgIpc) is 2.77. The van der Waals surface area contributed by atoms with Crippen LogP contribution in [0.15, 0.2) is 18.2 Å². The first-order valence-corrected chi connectivity index (χ1v) is 8.55. The van der Waals surface area contributed by atoms with E-state index in [2.05, 4.69) is 30.1 Å². The lowest BCUT2D eigenvalue weighted by Crippen LogP contribution is -2.12. The van der Waals surface area contributed by atoms with Crippen LogP contribution in [0.25, 0.3) is 10.2 Å². The third-order valence-corrected chi connectivity index (χ3v) is 5.68. The van der Waals surface area contributed by atoms with Gasteiger partial charge in [0.2, 0.25) is 0 Å². The van der Waals surface area contributed by atoms with Crippen molar-refractivity contribution in [3.63, 3.8) is 0 Å². The highest BCUT2D eigenvalue weighted by atomic mass is 32.1. The lowest BCUT2D eigenvalue weighted by atomic mass is 9.80. The van der Waals surface area contributed by atoms with E-state index in [0.717, 1.165) is 15.8 Å². The molecule has 1 saturated carbocycles. The molecule has 2 aromatic rings. The Morgan fingerprint density at radius 3 is 2.84 bits per heavy atom. The van der Waals surface area contributed by atoms with Gasteiger partial charge in [-0.1, -0.05) is 38.7 Å². The minimum Gasteiger partial charge on any atom is -0.337 e. The molecule has 1 aliphatic rings. The summed E-state index contributed by atoms with van der Waals surface area (Å²) in [5.41, 5.74) is 2.67. The Morgan fingerprint density at radius 1 is 1.26 bits per heavy atom. The summed E-state index contributed by atoms with van der Waals surface area (Å²) in [5, 5.41) is 0. The van der Waals surface area contributed by atoms with Crippen LogP contribution in [0.3, 0.4) is 0 Å². The Kier molecular flexibility index (Phi) is 4.04. The molecular weight excluding hydrogens is 270 g/mol. The first-order chi connectivity index (χ1) is 9.20. The van der Waals surface area contributed by atoms with Gasteiger partial charge in [-0.2, -0.15) is 0 Å². The highest BCUT2D eigenvalue weighted by Crippen LogP contribution is 2.31. The molecule has 19 heavy (non-hydrogen) atoms. The molecule has 0 aliphatic heterocycles. The van der Waals surface area contributed by atoms with E-state index >= 15 is 0 Å². The summed E-state index contributed by atoms with van der Waals surface area (Å²) in [7, 11) is 0. The van der Waals surface area contributed by atoms with Crippen LogP contribution in [-0.4, -0.2) is 4.98 Å². The predicted octanol–water partition coefficient (Wildman–Crippen LogP) is 5.72. The molecule has 1 N–H and O–H groups in total. The molecule has 1 aromatic heterocycles. The molecule has 0 atom stereocenters. The van der Waals surface area contributed by atoms with Crippen molar-refractivity contribution in [2.24, 2.45) is 11.8 Å². The van der Waals surface area contributed by atoms with E-state index in [1.807, 2.05) is 0 Å². The van der Waals surface area contributed by atoms with Crippen molar-refractivity contribution in [3.05, 3.63) is 27.7 Å². The van der Waals surface area contributed by atoms with Crippen molar-refractivity contribution in [2.45, 2.75) is 45.4 Å². The highest BCUT2D eigenvalue weighted by Gasteiger charge is 2.17. The number of thiazole rings is 1. The molecule has 0 saturated heterocycles. The van der Waals surface area contributed by atoms with Crippen molar-refractivity contribution < 1.29 is 0 Å². The Balaban J connectivity index is 1.63. The Bertz CT molecular complexity index is 602. The van der Waals surface area contributed by atoms with E-state index in [-0.39, 0.29) is 0 Å². The average molecular weight is 291 g/mol. The van der Waals surface area contributed by atoms with Gasteiger partial charge >= 0.3 is 0 Å². The summed E-state index contributed by atoms with van der Waals surface area (Å²) in [6.45, 7) is 2.39. The monoisotopic (exact) mass is 291 g/mol. The fraction of sp³-hybridized carbons (Fsp3) is 0.562. The zero-order valence-electron chi connectivity index (χ0n) is 11.4. The van der Waals surface area contributed by atoms with Crippen LogP contribution < -0.4 is 0 Å². The van der Waals surface area contributed by atoms with E-state index in [1.165, 1.54) is 54.3 Å². The minimum absolute atomic E-state index is 0.883. The van der Waals surface area contributed by atoms with Gasteiger partial charge in [0.1, 0.15) is 0 Å². The molecule has 3 rings (SSSR count). The molecule has 1 heterocycles. The third-order valence-electron chi connectivity index (χ3n) is 4.46. The first-order valence-electron chi connectivity index (χ1n) is 7.32. The van der Waals surface area contributed by atoms with Crippen LogP contribution in [0.1, 0.15) is 44.6 Å². The zero-order chi connectivity index (χ0) is 13.2. The Hall–Kier alpha value is -0.670. The molecular formula is C16H21NS2. The van der Waals surface area contributed by atoms with E-state index in [1.54, 1.807) is 11.3 Å². The number of benzene rings is 1. The fourth-order valence-electron chi connectivity index (χ4n) is 3.14. The second kappa shape index (κ2) is 5.76. The topological polar surface area (TPSA) is 15.8 Å². The van der Waals surface area contributed by atoms with Gasteiger partial charge in [0, 0.05) is 0 Å². The van der Waals surface area contributed by atoms with E-state index in [0.29, 0.717) is 0 Å². The molecule has 102 valence electrons. The number of nitrogens with one attached hydrogen (secondary N) is 1. The largest absolute Gasteiger partial charge is 0.337 e. The number of hydrogen-bond acceptors (Lipinski definition) is 2. The van der Waals surface area contributed by atoms with Crippen molar-refractivity contribution in [2.75, 3.05) is 0 Å². The number of aromatic nitrogens is 1. The number of H-pyrrole nitrogens is 1. The van der Waals surface area contributed by atoms with Crippen molar-refractivity contribution in [3.8, 4) is 0 Å². The third kappa shape index (κ3) is 3.26. The Morgan fingerprint density at radius 2 is 2.05 bits per heavy atom. The summed E-state index contributed by atoms with van der Waals surface area (Å²) in [6, 6.07) is 6.77. The summed E-state index contributed by atoms with van der Waals surface area (Å²) >= 11 is 6.86. The van der Waals surface area contributed by atoms with Crippen molar-refractivity contribution in [1.82, 2.24) is 4.98 Å². The van der Waals surface area contributed by atoms with Crippen LogP contribution in [0, 0.1) is 15.8 Å². The summed E-state index contributed by atoms with van der Waals surface area (Å²) in [6.07, 6.45) is 8.30. The van der Waals surface area contributed by atoms with Gasteiger partial charge in [0.15, 0.2) is 3.95 Å². The van der Waals surface area contributed by atoms with Crippen molar-refractivity contribution >= 4 is 33.8 Å². The second-order valence-corrected chi connectivity index (χ2v) is 7.73. The molecule has 3 heteroatoms. The minimum atomic E-state index is 0.883. The number of fused-ring (bicyclic) bond motifs is 1. The molecule has 0 unspecified atom stereocenters. The SMILES string of the molecule is CC1CCC(CCc2ccc3sc(=S)[nH]c3c2)CC1. The Labute approximate surface area is 124 Å². The smallest absolute Gasteiger partial charge is 0.159 e. The second-order valence-electron chi connectivity index (χ2n) is 6.01. The van der Waals surface area contributed by atoms with Gasteiger partial charge in [0.25, 0.3) is 0 Å². The summed E-state index contributed by atoms with van der Waals surface area (Å²) < 4.78 is 2.16. The highest BCUT2D eigenvalue weighted by molar-refractivity contribution is 7.73. The maximum Gasteiger partial charge on any atom is 0.159 e. The number of rotatable bonds is 3. The maximum atomic E-state index is 5.20. The molecule has 0 radical (unpaired) electrons. The predicted molar refractivity (Wildman–Crippen MR) is 86.5 cm³/mol. The van der Waals surface area contributed by atoms with Crippen molar-refractivity contribution in [1.29, 1.82) is 0 Å². The molecule has 1 aliphatic carbocycles. The van der Waals surface area contributed by atoms with Crippen LogP contribution in [0.4, 0.5) is 0 Å². The lowest BCUT2D eigenvalue weighted by Gasteiger charge is -2.26. The van der Waals surface area contributed by atoms with Crippen LogP contribution >= 0.6 is 23.6 Å². The summed E-state index contributed by atoms with van der Waals surface area (Å²) in [4.78, 5) is 3.28. The van der Waals surface area contributed by atoms with Crippen LogP contribution in [0.2, 0.25) is 0 Å². The molecule has 1 fully saturated rings. The normalized spacial score (nSPS) is 23.8. The van der Waals surface area contributed by atoms with Gasteiger partial charge in [-0.25, -0.2) is 0 Å². The maximum absolute atomic E-state index is 5.20. The van der Waals surface area contributed by atoms with Gasteiger partial charge < -0.3 is 4.98 Å². The zero-order valence-corrected chi connectivity index (χ0v) is 13.1. The lowest BCUT2D eigenvalue weighted by molar-refractivity contribution is 0.278.